The number of nitrogens with two attached hydrogens (primary N) is 1. The van der Waals surface area contributed by atoms with Crippen molar-refractivity contribution in [2.45, 2.75) is 82.8 Å². The van der Waals surface area contributed by atoms with Crippen molar-refractivity contribution in [1.82, 2.24) is 20.4 Å². The van der Waals surface area contributed by atoms with Gasteiger partial charge in [0, 0.05) is 18.6 Å². The van der Waals surface area contributed by atoms with E-state index in [1.165, 1.54) is 4.90 Å². The third-order valence-electron chi connectivity index (χ3n) is 7.10. The van der Waals surface area contributed by atoms with E-state index in [0.29, 0.717) is 25.9 Å². The molecule has 0 saturated carbocycles. The van der Waals surface area contributed by atoms with E-state index >= 15 is 0 Å². The van der Waals surface area contributed by atoms with Gasteiger partial charge in [0.05, 0.1) is 18.5 Å². The maximum absolute atomic E-state index is 13.6. The molecule has 5 N–H and O–H groups in total. The van der Waals surface area contributed by atoms with Gasteiger partial charge in [-0.25, -0.2) is 0 Å². The second-order valence-corrected chi connectivity index (χ2v) is 11.8. The van der Waals surface area contributed by atoms with Crippen LogP contribution in [0, 0.1) is 0 Å². The number of primary amides is 1. The average molecular weight is 566 g/mol. The molecule has 0 unspecified atom stereocenters. The summed E-state index contributed by atoms with van der Waals surface area (Å²) in [5.74, 6) is -2.07. The number of carbonyl (C=O) groups is 4. The molecule has 1 heterocycles. The third-order valence-corrected chi connectivity index (χ3v) is 7.10. The van der Waals surface area contributed by atoms with Crippen LogP contribution in [0.5, 0.6) is 0 Å². The second kappa shape index (κ2) is 14.2. The lowest BCUT2D eigenvalue weighted by Crippen LogP contribution is -2.59. The van der Waals surface area contributed by atoms with Gasteiger partial charge in [-0.1, -0.05) is 60.7 Å². The highest BCUT2D eigenvalue weighted by Gasteiger charge is 2.41. The van der Waals surface area contributed by atoms with Gasteiger partial charge in [0.1, 0.15) is 6.04 Å². The Kier molecular flexibility index (Phi) is 11.0. The Morgan fingerprint density at radius 3 is 2.17 bits per heavy atom. The molecule has 0 spiro atoms. The number of nitrogens with one attached hydrogen (secondary N) is 2. The topological polar surface area (TPSA) is 145 Å². The minimum absolute atomic E-state index is 0.165. The Balaban J connectivity index is 1.83. The van der Waals surface area contributed by atoms with Crippen molar-refractivity contribution < 1.29 is 24.3 Å². The van der Waals surface area contributed by atoms with Crippen LogP contribution in [0.1, 0.15) is 51.2 Å². The van der Waals surface area contributed by atoms with Crippen molar-refractivity contribution in [2.24, 2.45) is 5.73 Å². The minimum atomic E-state index is -1.61. The van der Waals surface area contributed by atoms with Crippen molar-refractivity contribution in [3.05, 3.63) is 71.8 Å². The van der Waals surface area contributed by atoms with E-state index in [0.717, 1.165) is 11.1 Å². The standard InChI is InChI=1S/C31H43N5O5/c1-31(2,3)34-29(40)24-16-11-17-36(24)30(41)27(38)23(18-21-12-7-5-8-13-21)33-28(39)25(19-26(32)37)35(4)20-22-14-9-6-10-15-22/h5-10,12-15,23-25,27,38H,11,16-20H2,1-4H3,(H2,32,37)(H,33,39)(H,34,40)/t23-,24-,25-,27-/m0/s1. The van der Waals surface area contributed by atoms with Crippen LogP contribution in [0.2, 0.25) is 0 Å². The third kappa shape index (κ3) is 9.40. The van der Waals surface area contributed by atoms with Gasteiger partial charge in [0.2, 0.25) is 17.7 Å². The van der Waals surface area contributed by atoms with E-state index < -0.39 is 47.5 Å². The highest BCUT2D eigenvalue weighted by Crippen LogP contribution is 2.21. The van der Waals surface area contributed by atoms with Gasteiger partial charge in [-0.15, -0.1) is 0 Å². The highest BCUT2D eigenvalue weighted by atomic mass is 16.3. The summed E-state index contributed by atoms with van der Waals surface area (Å²) in [5, 5.41) is 17.1. The fourth-order valence-corrected chi connectivity index (χ4v) is 5.11. The predicted octanol–water partition coefficient (Wildman–Crippen LogP) is 1.36. The molecule has 1 fully saturated rings. The summed E-state index contributed by atoms with van der Waals surface area (Å²) >= 11 is 0. The van der Waals surface area contributed by atoms with Crippen LogP contribution in [0.25, 0.3) is 0 Å². The lowest BCUT2D eigenvalue weighted by Gasteiger charge is -2.33. The summed E-state index contributed by atoms with van der Waals surface area (Å²) < 4.78 is 0. The molecular formula is C31H43N5O5. The van der Waals surface area contributed by atoms with Gasteiger partial charge in [0.25, 0.3) is 5.91 Å². The van der Waals surface area contributed by atoms with Crippen LogP contribution >= 0.6 is 0 Å². The zero-order valence-electron chi connectivity index (χ0n) is 24.4. The Labute approximate surface area is 242 Å². The predicted molar refractivity (Wildman–Crippen MR) is 156 cm³/mol. The first-order valence-corrected chi connectivity index (χ1v) is 14.0. The first-order chi connectivity index (χ1) is 19.4. The van der Waals surface area contributed by atoms with Crippen molar-refractivity contribution in [3.8, 4) is 0 Å². The summed E-state index contributed by atoms with van der Waals surface area (Å²) in [6, 6.07) is 16.1. The lowest BCUT2D eigenvalue weighted by molar-refractivity contribution is -0.147. The number of carbonyl (C=O) groups excluding carboxylic acids is 4. The lowest BCUT2D eigenvalue weighted by atomic mass is 9.98. The normalized spacial score (nSPS) is 17.5. The quantitative estimate of drug-likeness (QED) is 0.306. The Morgan fingerprint density at radius 2 is 1.61 bits per heavy atom. The van der Waals surface area contributed by atoms with Crippen molar-refractivity contribution in [1.29, 1.82) is 0 Å². The van der Waals surface area contributed by atoms with E-state index in [1.807, 2.05) is 81.4 Å². The molecule has 0 aromatic heterocycles. The zero-order valence-corrected chi connectivity index (χ0v) is 24.4. The molecule has 0 bridgehead atoms. The fraction of sp³-hybridized carbons (Fsp3) is 0.484. The number of aliphatic hydroxyl groups excluding tert-OH is 1. The molecule has 10 heteroatoms. The number of benzene rings is 2. The molecular weight excluding hydrogens is 522 g/mol. The molecule has 2 aromatic carbocycles. The first kappa shape index (κ1) is 31.8. The summed E-state index contributed by atoms with van der Waals surface area (Å²) in [6.07, 6.45) is -0.575. The molecule has 0 aliphatic carbocycles. The maximum atomic E-state index is 13.6. The molecule has 0 radical (unpaired) electrons. The number of likely N-dealkylation sites (N-methyl/N-ethyl adjacent to an activating group) is 1. The number of likely N-dealkylation sites (tertiary alicyclic amines) is 1. The number of nitrogens with zero attached hydrogens (tertiary/aromatic N) is 2. The Bertz CT molecular complexity index is 1180. The van der Waals surface area contributed by atoms with E-state index in [2.05, 4.69) is 10.6 Å². The Hall–Kier alpha value is -3.76. The number of hydrogen-bond donors (Lipinski definition) is 4. The summed E-state index contributed by atoms with van der Waals surface area (Å²) in [5.41, 5.74) is 6.78. The zero-order chi connectivity index (χ0) is 30.2. The number of amides is 4. The van der Waals surface area contributed by atoms with Gasteiger partial charge >= 0.3 is 0 Å². The number of aliphatic hydroxyl groups is 1. The molecule has 1 aliphatic rings. The molecule has 1 saturated heterocycles. The van der Waals surface area contributed by atoms with Crippen molar-refractivity contribution in [3.63, 3.8) is 0 Å². The average Bonchev–Trinajstić information content (AvgIpc) is 3.41. The van der Waals surface area contributed by atoms with Gasteiger partial charge in [-0.05, 0) is 58.2 Å². The van der Waals surface area contributed by atoms with Gasteiger partial charge in [-0.3, -0.25) is 24.1 Å². The smallest absolute Gasteiger partial charge is 0.254 e. The number of rotatable bonds is 12. The van der Waals surface area contributed by atoms with Gasteiger partial charge < -0.3 is 26.4 Å². The minimum Gasteiger partial charge on any atom is -0.381 e. The fourth-order valence-electron chi connectivity index (χ4n) is 5.11. The molecule has 10 nitrogen and oxygen atoms in total. The molecule has 41 heavy (non-hydrogen) atoms. The largest absolute Gasteiger partial charge is 0.381 e. The van der Waals surface area contributed by atoms with Crippen LogP contribution in [-0.2, 0) is 32.1 Å². The first-order valence-electron chi connectivity index (χ1n) is 14.0. The monoisotopic (exact) mass is 565 g/mol. The van der Waals surface area contributed by atoms with Crippen LogP contribution < -0.4 is 16.4 Å². The van der Waals surface area contributed by atoms with Gasteiger partial charge in [-0.2, -0.15) is 0 Å². The molecule has 4 amide bonds. The maximum Gasteiger partial charge on any atom is 0.254 e. The summed E-state index contributed by atoms with van der Waals surface area (Å²) in [7, 11) is 1.72. The van der Waals surface area contributed by atoms with Crippen LogP contribution in [0.15, 0.2) is 60.7 Å². The van der Waals surface area contributed by atoms with E-state index in [-0.39, 0.29) is 18.7 Å². The Morgan fingerprint density at radius 1 is 1.02 bits per heavy atom. The van der Waals surface area contributed by atoms with Gasteiger partial charge in [0.15, 0.2) is 6.10 Å². The summed E-state index contributed by atoms with van der Waals surface area (Å²) in [4.78, 5) is 55.2. The van der Waals surface area contributed by atoms with E-state index in [4.69, 9.17) is 5.73 Å². The van der Waals surface area contributed by atoms with Crippen LogP contribution in [0.4, 0.5) is 0 Å². The van der Waals surface area contributed by atoms with Crippen molar-refractivity contribution in [2.75, 3.05) is 13.6 Å². The van der Waals surface area contributed by atoms with Crippen LogP contribution in [0.3, 0.4) is 0 Å². The molecule has 4 atom stereocenters. The molecule has 1 aliphatic heterocycles. The molecule has 2 aromatic rings. The second-order valence-electron chi connectivity index (χ2n) is 11.8. The van der Waals surface area contributed by atoms with E-state index in [9.17, 15) is 24.3 Å². The molecule has 222 valence electrons. The highest BCUT2D eigenvalue weighted by molar-refractivity contribution is 5.92. The number of hydrogen-bond acceptors (Lipinski definition) is 6. The van der Waals surface area contributed by atoms with Crippen LogP contribution in [-0.4, -0.2) is 81.9 Å². The molecule has 3 rings (SSSR count). The SMILES string of the molecule is CN(Cc1ccccc1)[C@@H](CC(N)=O)C(=O)N[C@@H](Cc1ccccc1)[C@H](O)C(=O)N1CCC[C@H]1C(=O)NC(C)(C)C. The summed E-state index contributed by atoms with van der Waals surface area (Å²) in [6.45, 7) is 6.31. The van der Waals surface area contributed by atoms with E-state index in [1.54, 1.807) is 11.9 Å². The van der Waals surface area contributed by atoms with Crippen molar-refractivity contribution >= 4 is 23.6 Å².